The third-order valence-corrected chi connectivity index (χ3v) is 6.22. The van der Waals surface area contributed by atoms with E-state index in [9.17, 15) is 23.6 Å². The van der Waals surface area contributed by atoms with E-state index in [2.05, 4.69) is 4.98 Å². The van der Waals surface area contributed by atoms with Gasteiger partial charge in [-0.3, -0.25) is 10.1 Å². The first kappa shape index (κ1) is 19.1. The molecule has 0 fully saturated rings. The summed E-state index contributed by atoms with van der Waals surface area (Å²) in [5, 5.41) is 22.4. The van der Waals surface area contributed by atoms with Gasteiger partial charge in [0.1, 0.15) is 5.60 Å². The van der Waals surface area contributed by atoms with E-state index in [1.165, 1.54) is 13.0 Å². The zero-order chi connectivity index (χ0) is 19.8. The highest BCUT2D eigenvalue weighted by atomic mass is 32.2. The van der Waals surface area contributed by atoms with E-state index in [1.54, 1.807) is 49.4 Å². The number of aryl methyl sites for hydroxylation is 1. The van der Waals surface area contributed by atoms with Crippen LogP contribution in [0.15, 0.2) is 48.5 Å². The molecule has 0 amide bonds. The molecule has 2 N–H and O–H groups in total. The number of rotatable bonds is 6. The maximum absolute atomic E-state index is 12.5. The Balaban J connectivity index is 1.91. The number of sulfone groups is 1. The van der Waals surface area contributed by atoms with Gasteiger partial charge in [0.05, 0.1) is 16.4 Å². The SMILES string of the molecule is Cc1cc2[nH]c(C(C)(O)CS(=O)(=O)Cc3ccccc3)cc2cc1[N+](=O)[O-]. The number of nitro groups is 1. The van der Waals surface area contributed by atoms with Crippen LogP contribution in [-0.2, 0) is 21.2 Å². The molecule has 0 spiro atoms. The van der Waals surface area contributed by atoms with Crippen molar-refractivity contribution in [3.8, 4) is 0 Å². The van der Waals surface area contributed by atoms with Crippen LogP contribution in [0.4, 0.5) is 5.69 Å². The molecule has 142 valence electrons. The van der Waals surface area contributed by atoms with E-state index in [4.69, 9.17) is 0 Å². The summed E-state index contributed by atoms with van der Waals surface area (Å²) < 4.78 is 25.1. The first-order valence-electron chi connectivity index (χ1n) is 8.32. The van der Waals surface area contributed by atoms with Crippen LogP contribution in [0.2, 0.25) is 0 Å². The Morgan fingerprint density at radius 3 is 2.48 bits per heavy atom. The maximum Gasteiger partial charge on any atom is 0.273 e. The second kappa shape index (κ2) is 6.79. The average Bonchev–Trinajstić information content (AvgIpc) is 2.97. The molecule has 0 saturated carbocycles. The standard InChI is InChI=1S/C19H20N2O5S/c1-13-8-16-15(9-17(13)21(23)24)10-18(20-16)19(2,22)12-27(25,26)11-14-6-4-3-5-7-14/h3-10,20,22H,11-12H2,1-2H3. The third kappa shape index (κ3) is 4.17. The van der Waals surface area contributed by atoms with E-state index in [1.807, 2.05) is 0 Å². The number of nitro benzene ring substituents is 1. The number of aromatic nitrogens is 1. The minimum Gasteiger partial charge on any atom is -0.383 e. The second-order valence-electron chi connectivity index (χ2n) is 6.96. The molecule has 2 aromatic carbocycles. The fourth-order valence-corrected chi connectivity index (χ4v) is 4.96. The molecule has 0 radical (unpaired) electrons. The van der Waals surface area contributed by atoms with Gasteiger partial charge in [-0.2, -0.15) is 0 Å². The number of aromatic amines is 1. The molecule has 3 aromatic rings. The Hall–Kier alpha value is -2.71. The van der Waals surface area contributed by atoms with Crippen LogP contribution in [0.25, 0.3) is 10.9 Å². The van der Waals surface area contributed by atoms with Crippen molar-refractivity contribution in [3.63, 3.8) is 0 Å². The second-order valence-corrected chi connectivity index (χ2v) is 9.02. The number of aliphatic hydroxyl groups is 1. The van der Waals surface area contributed by atoms with Gasteiger partial charge in [0.25, 0.3) is 5.69 Å². The normalized spacial score (nSPS) is 14.2. The number of nitrogens with zero attached hydrogens (tertiary/aromatic N) is 1. The molecule has 1 unspecified atom stereocenters. The highest BCUT2D eigenvalue weighted by molar-refractivity contribution is 7.90. The van der Waals surface area contributed by atoms with Crippen LogP contribution < -0.4 is 0 Å². The monoisotopic (exact) mass is 388 g/mol. The van der Waals surface area contributed by atoms with Gasteiger partial charge in [0.15, 0.2) is 9.84 Å². The van der Waals surface area contributed by atoms with Crippen LogP contribution in [-0.4, -0.2) is 29.2 Å². The lowest BCUT2D eigenvalue weighted by atomic mass is 10.1. The average molecular weight is 388 g/mol. The largest absolute Gasteiger partial charge is 0.383 e. The summed E-state index contributed by atoms with van der Waals surface area (Å²) in [4.78, 5) is 13.6. The molecular weight excluding hydrogens is 368 g/mol. The molecule has 8 heteroatoms. The fourth-order valence-electron chi connectivity index (χ4n) is 3.15. The van der Waals surface area contributed by atoms with Crippen LogP contribution in [0.5, 0.6) is 0 Å². The molecule has 3 rings (SSSR count). The van der Waals surface area contributed by atoms with Gasteiger partial charge in [0.2, 0.25) is 0 Å². The predicted octanol–water partition coefficient (Wildman–Crippen LogP) is 3.21. The van der Waals surface area contributed by atoms with Crippen molar-refractivity contribution in [1.29, 1.82) is 0 Å². The van der Waals surface area contributed by atoms with Crippen LogP contribution in [0.3, 0.4) is 0 Å². The molecule has 1 aromatic heterocycles. The van der Waals surface area contributed by atoms with Crippen LogP contribution >= 0.6 is 0 Å². The molecule has 27 heavy (non-hydrogen) atoms. The molecule has 0 saturated heterocycles. The van der Waals surface area contributed by atoms with Gasteiger partial charge in [-0.15, -0.1) is 0 Å². The van der Waals surface area contributed by atoms with Crippen LogP contribution in [0, 0.1) is 17.0 Å². The predicted molar refractivity (Wildman–Crippen MR) is 103 cm³/mol. The van der Waals surface area contributed by atoms with Crippen molar-refractivity contribution in [2.45, 2.75) is 25.2 Å². The highest BCUT2D eigenvalue weighted by Gasteiger charge is 2.32. The summed E-state index contributed by atoms with van der Waals surface area (Å²) in [6, 6.07) is 13.3. The van der Waals surface area contributed by atoms with E-state index in [0.717, 1.165) is 0 Å². The number of fused-ring (bicyclic) bond motifs is 1. The minimum atomic E-state index is -3.59. The Morgan fingerprint density at radius 1 is 1.19 bits per heavy atom. The first-order chi connectivity index (χ1) is 12.6. The summed E-state index contributed by atoms with van der Waals surface area (Å²) in [5.41, 5.74) is 0.357. The Kier molecular flexibility index (Phi) is 4.79. The van der Waals surface area contributed by atoms with Crippen molar-refractivity contribution >= 4 is 26.4 Å². The van der Waals surface area contributed by atoms with E-state index in [-0.39, 0.29) is 11.4 Å². The Labute approximate surface area is 156 Å². The Bertz CT molecular complexity index is 1100. The van der Waals surface area contributed by atoms with Gasteiger partial charge in [-0.05, 0) is 31.5 Å². The van der Waals surface area contributed by atoms with Crippen molar-refractivity contribution in [2.75, 3.05) is 5.75 Å². The third-order valence-electron chi connectivity index (χ3n) is 4.44. The number of benzene rings is 2. The zero-order valence-corrected chi connectivity index (χ0v) is 15.8. The van der Waals surface area contributed by atoms with Crippen LogP contribution in [0.1, 0.15) is 23.7 Å². The molecular formula is C19H20N2O5S. The summed E-state index contributed by atoms with van der Waals surface area (Å²) in [7, 11) is -3.59. The molecule has 0 bridgehead atoms. The van der Waals surface area contributed by atoms with Gasteiger partial charge in [-0.1, -0.05) is 30.3 Å². The highest BCUT2D eigenvalue weighted by Crippen LogP contribution is 2.30. The smallest absolute Gasteiger partial charge is 0.273 e. The lowest BCUT2D eigenvalue weighted by Crippen LogP contribution is -2.32. The summed E-state index contributed by atoms with van der Waals surface area (Å²) in [5.74, 6) is -0.641. The number of hydrogen-bond donors (Lipinski definition) is 2. The molecule has 1 heterocycles. The van der Waals surface area contributed by atoms with Crippen molar-refractivity contribution < 1.29 is 18.4 Å². The van der Waals surface area contributed by atoms with Crippen molar-refractivity contribution in [2.24, 2.45) is 0 Å². The van der Waals surface area contributed by atoms with E-state index in [0.29, 0.717) is 27.7 Å². The quantitative estimate of drug-likeness (QED) is 0.497. The van der Waals surface area contributed by atoms with Crippen molar-refractivity contribution in [1.82, 2.24) is 4.98 Å². The first-order valence-corrected chi connectivity index (χ1v) is 10.1. The summed E-state index contributed by atoms with van der Waals surface area (Å²) in [6.45, 7) is 3.04. The number of H-pyrrole nitrogens is 1. The lowest BCUT2D eigenvalue weighted by molar-refractivity contribution is -0.385. The molecule has 0 aliphatic heterocycles. The van der Waals surface area contributed by atoms with Crippen molar-refractivity contribution in [3.05, 3.63) is 75.5 Å². The van der Waals surface area contributed by atoms with E-state index < -0.39 is 26.1 Å². The molecule has 1 atom stereocenters. The Morgan fingerprint density at radius 2 is 1.85 bits per heavy atom. The van der Waals surface area contributed by atoms with Gasteiger partial charge in [-0.25, -0.2) is 8.42 Å². The fraction of sp³-hybridized carbons (Fsp3) is 0.263. The van der Waals surface area contributed by atoms with Gasteiger partial charge in [0, 0.05) is 28.2 Å². The summed E-state index contributed by atoms with van der Waals surface area (Å²) >= 11 is 0. The lowest BCUT2D eigenvalue weighted by Gasteiger charge is -2.22. The maximum atomic E-state index is 12.5. The molecule has 0 aliphatic rings. The van der Waals surface area contributed by atoms with Gasteiger partial charge < -0.3 is 10.1 Å². The minimum absolute atomic E-state index is 0.0237. The number of hydrogen-bond acceptors (Lipinski definition) is 5. The number of nitrogens with one attached hydrogen (secondary N) is 1. The summed E-state index contributed by atoms with van der Waals surface area (Å²) in [6.07, 6.45) is 0. The zero-order valence-electron chi connectivity index (χ0n) is 15.0. The molecule has 7 nitrogen and oxygen atoms in total. The van der Waals surface area contributed by atoms with E-state index >= 15 is 0 Å². The molecule has 0 aliphatic carbocycles. The topological polar surface area (TPSA) is 113 Å². The van der Waals surface area contributed by atoms with Gasteiger partial charge >= 0.3 is 0 Å².